The SMILES string of the molecule is CCc1ccc(CC(CO)(CO)C(C)C)cc1. The highest BCUT2D eigenvalue weighted by Gasteiger charge is 2.32. The zero-order valence-corrected chi connectivity index (χ0v) is 11.1. The first-order chi connectivity index (χ1) is 8.07. The molecule has 2 nitrogen and oxygen atoms in total. The Bertz CT molecular complexity index is 323. The molecule has 0 fully saturated rings. The van der Waals surface area contributed by atoms with Crippen LogP contribution in [0.2, 0.25) is 0 Å². The molecule has 0 aliphatic heterocycles. The summed E-state index contributed by atoms with van der Waals surface area (Å²) in [6, 6.07) is 8.44. The molecule has 0 amide bonds. The largest absolute Gasteiger partial charge is 0.396 e. The van der Waals surface area contributed by atoms with Crippen LogP contribution >= 0.6 is 0 Å². The van der Waals surface area contributed by atoms with Gasteiger partial charge in [-0.3, -0.25) is 0 Å². The standard InChI is InChI=1S/C15H24O2/c1-4-13-5-7-14(8-6-13)9-15(10-16,11-17)12(2)3/h5-8,12,16-17H,4,9-11H2,1-3H3. The Kier molecular flexibility index (Phi) is 5.16. The Morgan fingerprint density at radius 1 is 1.00 bits per heavy atom. The summed E-state index contributed by atoms with van der Waals surface area (Å²) in [7, 11) is 0. The summed E-state index contributed by atoms with van der Waals surface area (Å²) in [6.07, 6.45) is 1.76. The van der Waals surface area contributed by atoms with Gasteiger partial charge in [0.2, 0.25) is 0 Å². The highest BCUT2D eigenvalue weighted by molar-refractivity contribution is 5.23. The quantitative estimate of drug-likeness (QED) is 0.796. The van der Waals surface area contributed by atoms with E-state index in [0.29, 0.717) is 0 Å². The molecule has 0 bridgehead atoms. The fourth-order valence-electron chi connectivity index (χ4n) is 2.03. The Labute approximate surface area is 104 Å². The lowest BCUT2D eigenvalue weighted by atomic mass is 9.74. The van der Waals surface area contributed by atoms with Gasteiger partial charge in [-0.1, -0.05) is 45.0 Å². The smallest absolute Gasteiger partial charge is 0.0515 e. The molecule has 96 valence electrons. The fourth-order valence-corrected chi connectivity index (χ4v) is 2.03. The van der Waals surface area contributed by atoms with Crippen molar-refractivity contribution in [1.82, 2.24) is 0 Å². The van der Waals surface area contributed by atoms with Gasteiger partial charge >= 0.3 is 0 Å². The minimum atomic E-state index is -0.409. The Hall–Kier alpha value is -0.860. The minimum Gasteiger partial charge on any atom is -0.396 e. The van der Waals surface area contributed by atoms with Crippen LogP contribution in [0.15, 0.2) is 24.3 Å². The van der Waals surface area contributed by atoms with Crippen LogP contribution in [-0.2, 0) is 12.8 Å². The van der Waals surface area contributed by atoms with Crippen LogP contribution in [-0.4, -0.2) is 23.4 Å². The van der Waals surface area contributed by atoms with Crippen molar-refractivity contribution in [2.24, 2.45) is 11.3 Å². The molecule has 2 heteroatoms. The first-order valence-corrected chi connectivity index (χ1v) is 6.37. The molecule has 0 unspecified atom stereocenters. The Morgan fingerprint density at radius 2 is 1.47 bits per heavy atom. The normalized spacial score (nSPS) is 12.1. The third kappa shape index (κ3) is 3.30. The number of benzene rings is 1. The van der Waals surface area contributed by atoms with Crippen LogP contribution in [0.5, 0.6) is 0 Å². The van der Waals surface area contributed by atoms with Gasteiger partial charge in [-0.05, 0) is 29.9 Å². The average Bonchev–Trinajstić information content (AvgIpc) is 2.36. The lowest BCUT2D eigenvalue weighted by molar-refractivity contribution is 0.0163. The average molecular weight is 236 g/mol. The number of aliphatic hydroxyl groups is 2. The molecular weight excluding hydrogens is 212 g/mol. The van der Waals surface area contributed by atoms with Crippen LogP contribution in [0.1, 0.15) is 31.9 Å². The number of hydrogen-bond acceptors (Lipinski definition) is 2. The first-order valence-electron chi connectivity index (χ1n) is 6.37. The highest BCUT2D eigenvalue weighted by atomic mass is 16.3. The molecule has 0 saturated carbocycles. The molecule has 0 atom stereocenters. The second kappa shape index (κ2) is 6.18. The van der Waals surface area contributed by atoms with Crippen molar-refractivity contribution in [2.75, 3.05) is 13.2 Å². The van der Waals surface area contributed by atoms with Gasteiger partial charge in [0.05, 0.1) is 13.2 Å². The van der Waals surface area contributed by atoms with E-state index in [1.54, 1.807) is 0 Å². The summed E-state index contributed by atoms with van der Waals surface area (Å²) in [6.45, 7) is 6.28. The summed E-state index contributed by atoms with van der Waals surface area (Å²) >= 11 is 0. The van der Waals surface area contributed by atoms with Gasteiger partial charge in [0.15, 0.2) is 0 Å². The number of aryl methyl sites for hydroxylation is 1. The molecule has 0 heterocycles. The predicted molar refractivity (Wildman–Crippen MR) is 71.0 cm³/mol. The zero-order valence-electron chi connectivity index (χ0n) is 11.1. The van der Waals surface area contributed by atoms with Crippen molar-refractivity contribution in [3.63, 3.8) is 0 Å². The molecule has 0 aliphatic rings. The number of rotatable bonds is 6. The van der Waals surface area contributed by atoms with Gasteiger partial charge in [-0.15, -0.1) is 0 Å². The summed E-state index contributed by atoms with van der Waals surface area (Å²) in [4.78, 5) is 0. The first kappa shape index (κ1) is 14.2. The van der Waals surface area contributed by atoms with Gasteiger partial charge in [-0.2, -0.15) is 0 Å². The van der Waals surface area contributed by atoms with Crippen molar-refractivity contribution in [1.29, 1.82) is 0 Å². The second-order valence-corrected chi connectivity index (χ2v) is 5.18. The monoisotopic (exact) mass is 236 g/mol. The van der Waals surface area contributed by atoms with Crippen LogP contribution in [0, 0.1) is 11.3 Å². The Balaban J connectivity index is 2.85. The second-order valence-electron chi connectivity index (χ2n) is 5.18. The molecule has 1 aromatic carbocycles. The van der Waals surface area contributed by atoms with Crippen molar-refractivity contribution >= 4 is 0 Å². The van der Waals surface area contributed by atoms with E-state index in [-0.39, 0.29) is 19.1 Å². The van der Waals surface area contributed by atoms with Crippen molar-refractivity contribution < 1.29 is 10.2 Å². The van der Waals surface area contributed by atoms with E-state index in [4.69, 9.17) is 0 Å². The van der Waals surface area contributed by atoms with Crippen LogP contribution in [0.3, 0.4) is 0 Å². The number of aliphatic hydroxyl groups excluding tert-OH is 2. The minimum absolute atomic E-state index is 0.0245. The fraction of sp³-hybridized carbons (Fsp3) is 0.600. The van der Waals surface area contributed by atoms with Crippen LogP contribution in [0.25, 0.3) is 0 Å². The summed E-state index contributed by atoms with van der Waals surface area (Å²) < 4.78 is 0. The molecule has 0 spiro atoms. The van der Waals surface area contributed by atoms with E-state index in [1.807, 2.05) is 13.8 Å². The van der Waals surface area contributed by atoms with Crippen molar-refractivity contribution in [2.45, 2.75) is 33.6 Å². The number of hydrogen-bond donors (Lipinski definition) is 2. The van der Waals surface area contributed by atoms with E-state index in [0.717, 1.165) is 12.8 Å². The van der Waals surface area contributed by atoms with Crippen LogP contribution < -0.4 is 0 Å². The lowest BCUT2D eigenvalue weighted by Gasteiger charge is -2.34. The molecular formula is C15H24O2. The molecule has 2 N–H and O–H groups in total. The summed E-state index contributed by atoms with van der Waals surface area (Å²) in [5, 5.41) is 19.1. The summed E-state index contributed by atoms with van der Waals surface area (Å²) in [5.41, 5.74) is 2.09. The van der Waals surface area contributed by atoms with Crippen LogP contribution in [0.4, 0.5) is 0 Å². The van der Waals surface area contributed by atoms with Gasteiger partial charge in [0.1, 0.15) is 0 Å². The Morgan fingerprint density at radius 3 is 1.82 bits per heavy atom. The molecule has 0 aliphatic carbocycles. The maximum Gasteiger partial charge on any atom is 0.0515 e. The van der Waals surface area contributed by atoms with E-state index in [1.165, 1.54) is 11.1 Å². The van der Waals surface area contributed by atoms with E-state index >= 15 is 0 Å². The van der Waals surface area contributed by atoms with E-state index in [9.17, 15) is 10.2 Å². The molecule has 0 radical (unpaired) electrons. The zero-order chi connectivity index (χ0) is 12.9. The van der Waals surface area contributed by atoms with Crippen molar-refractivity contribution in [3.8, 4) is 0 Å². The molecule has 1 aromatic rings. The molecule has 1 rings (SSSR count). The molecule has 0 aromatic heterocycles. The predicted octanol–water partition coefficient (Wildman–Crippen LogP) is 2.42. The molecule has 17 heavy (non-hydrogen) atoms. The maximum absolute atomic E-state index is 9.55. The van der Waals surface area contributed by atoms with Crippen molar-refractivity contribution in [3.05, 3.63) is 35.4 Å². The molecule has 0 saturated heterocycles. The third-order valence-electron chi connectivity index (χ3n) is 3.84. The van der Waals surface area contributed by atoms with Gasteiger partial charge < -0.3 is 10.2 Å². The van der Waals surface area contributed by atoms with Gasteiger partial charge in [-0.25, -0.2) is 0 Å². The lowest BCUT2D eigenvalue weighted by Crippen LogP contribution is -2.37. The van der Waals surface area contributed by atoms with E-state index < -0.39 is 5.41 Å². The third-order valence-corrected chi connectivity index (χ3v) is 3.84. The topological polar surface area (TPSA) is 40.5 Å². The van der Waals surface area contributed by atoms with E-state index in [2.05, 4.69) is 31.2 Å². The maximum atomic E-state index is 9.55. The highest BCUT2D eigenvalue weighted by Crippen LogP contribution is 2.31. The summed E-state index contributed by atoms with van der Waals surface area (Å²) in [5.74, 6) is 0.253. The van der Waals surface area contributed by atoms with Gasteiger partial charge in [0, 0.05) is 5.41 Å². The van der Waals surface area contributed by atoms with Gasteiger partial charge in [0.25, 0.3) is 0 Å².